The summed E-state index contributed by atoms with van der Waals surface area (Å²) in [7, 11) is 0. The van der Waals surface area contributed by atoms with E-state index in [0.717, 1.165) is 6.07 Å². The largest absolute Gasteiger partial charge is 0.480 e. The van der Waals surface area contributed by atoms with Crippen LogP contribution in [0, 0.1) is 15.5 Å². The third-order valence-electron chi connectivity index (χ3n) is 3.28. The van der Waals surface area contributed by atoms with Crippen molar-refractivity contribution in [3.05, 3.63) is 33.9 Å². The minimum absolute atomic E-state index is 0.00657. The van der Waals surface area contributed by atoms with Gasteiger partial charge in [0, 0.05) is 11.6 Å². The molecule has 1 atom stereocenters. The number of carboxylic acid groups (broad SMARTS) is 1. The number of carbonyl (C=O) groups excluding carboxylic acids is 1. The number of nitrogen functional groups attached to an aromatic ring is 1. The fourth-order valence-corrected chi connectivity index (χ4v) is 1.92. The Hall–Kier alpha value is -2.64. The van der Waals surface area contributed by atoms with E-state index in [4.69, 9.17) is 5.73 Å². The standard InChI is InChI=1S/C15H21N3O5/c1-15(2,3)7-6-11(14(20)21)17-13(19)9-4-5-10(16)12(8-9)18(22)23/h4-5,8,11H,6-7,16H2,1-3H3,(H,17,19)(H,20,21). The third-order valence-corrected chi connectivity index (χ3v) is 3.28. The lowest BCUT2D eigenvalue weighted by Gasteiger charge is -2.21. The fraction of sp³-hybridized carbons (Fsp3) is 0.467. The van der Waals surface area contributed by atoms with Crippen molar-refractivity contribution in [3.63, 3.8) is 0 Å². The molecule has 1 rings (SSSR count). The van der Waals surface area contributed by atoms with E-state index >= 15 is 0 Å². The van der Waals surface area contributed by atoms with E-state index in [1.165, 1.54) is 12.1 Å². The molecule has 0 fully saturated rings. The zero-order valence-electron chi connectivity index (χ0n) is 13.3. The highest BCUT2D eigenvalue weighted by molar-refractivity contribution is 5.97. The second-order valence-corrected chi connectivity index (χ2v) is 6.49. The van der Waals surface area contributed by atoms with Gasteiger partial charge in [0.05, 0.1) is 4.92 Å². The zero-order valence-corrected chi connectivity index (χ0v) is 13.3. The summed E-state index contributed by atoms with van der Waals surface area (Å²) in [5.41, 5.74) is 4.94. The van der Waals surface area contributed by atoms with Gasteiger partial charge in [-0.15, -0.1) is 0 Å². The van der Waals surface area contributed by atoms with E-state index in [1.807, 2.05) is 20.8 Å². The first-order chi connectivity index (χ1) is 10.5. The van der Waals surface area contributed by atoms with Crippen LogP contribution in [0.15, 0.2) is 18.2 Å². The molecule has 8 heteroatoms. The van der Waals surface area contributed by atoms with Crippen molar-refractivity contribution in [1.29, 1.82) is 0 Å². The molecule has 0 heterocycles. The molecule has 0 aliphatic carbocycles. The van der Waals surface area contributed by atoms with Gasteiger partial charge in [-0.3, -0.25) is 14.9 Å². The van der Waals surface area contributed by atoms with Gasteiger partial charge in [-0.25, -0.2) is 4.79 Å². The number of carbonyl (C=O) groups is 2. The maximum absolute atomic E-state index is 12.1. The summed E-state index contributed by atoms with van der Waals surface area (Å²) in [6.07, 6.45) is 0.869. The molecule has 1 amide bonds. The van der Waals surface area contributed by atoms with Crippen LogP contribution < -0.4 is 11.1 Å². The Morgan fingerprint density at radius 2 is 2.00 bits per heavy atom. The first kappa shape index (κ1) is 18.4. The van der Waals surface area contributed by atoms with Gasteiger partial charge in [-0.2, -0.15) is 0 Å². The lowest BCUT2D eigenvalue weighted by molar-refractivity contribution is -0.383. The van der Waals surface area contributed by atoms with Crippen molar-refractivity contribution in [1.82, 2.24) is 5.32 Å². The van der Waals surface area contributed by atoms with Gasteiger partial charge in [0.1, 0.15) is 11.7 Å². The van der Waals surface area contributed by atoms with E-state index in [9.17, 15) is 24.8 Å². The highest BCUT2D eigenvalue weighted by Crippen LogP contribution is 2.23. The molecule has 1 aromatic rings. The van der Waals surface area contributed by atoms with Gasteiger partial charge in [0.2, 0.25) is 0 Å². The number of anilines is 1. The number of nitro groups is 1. The maximum Gasteiger partial charge on any atom is 0.326 e. The van der Waals surface area contributed by atoms with Gasteiger partial charge in [-0.05, 0) is 30.4 Å². The predicted octanol–water partition coefficient (Wildman–Crippen LogP) is 2.19. The fourth-order valence-electron chi connectivity index (χ4n) is 1.92. The molecule has 4 N–H and O–H groups in total. The van der Waals surface area contributed by atoms with Crippen LogP contribution in [-0.4, -0.2) is 27.9 Å². The molecule has 0 bridgehead atoms. The number of nitrogens with zero attached hydrogens (tertiary/aromatic N) is 1. The molecule has 0 aliphatic heterocycles. The number of nitro benzene ring substituents is 1. The monoisotopic (exact) mass is 323 g/mol. The second-order valence-electron chi connectivity index (χ2n) is 6.49. The molecule has 0 aliphatic rings. The molecule has 0 aromatic heterocycles. The highest BCUT2D eigenvalue weighted by atomic mass is 16.6. The molecule has 126 valence electrons. The molecule has 0 saturated carbocycles. The van der Waals surface area contributed by atoms with Crippen LogP contribution in [-0.2, 0) is 4.79 Å². The number of hydrogen-bond acceptors (Lipinski definition) is 5. The van der Waals surface area contributed by atoms with E-state index in [-0.39, 0.29) is 28.8 Å². The Balaban J connectivity index is 2.89. The van der Waals surface area contributed by atoms with Crippen molar-refractivity contribution in [2.75, 3.05) is 5.73 Å². The van der Waals surface area contributed by atoms with Crippen LogP contribution in [0.5, 0.6) is 0 Å². The Labute approximate surface area is 133 Å². The summed E-state index contributed by atoms with van der Waals surface area (Å²) in [4.78, 5) is 33.5. The Morgan fingerprint density at radius 1 is 1.39 bits per heavy atom. The zero-order chi connectivity index (χ0) is 17.8. The second kappa shape index (κ2) is 7.08. The Morgan fingerprint density at radius 3 is 2.48 bits per heavy atom. The van der Waals surface area contributed by atoms with Crippen LogP contribution in [0.2, 0.25) is 0 Å². The third kappa shape index (κ3) is 5.57. The Bertz CT molecular complexity index is 622. The summed E-state index contributed by atoms with van der Waals surface area (Å²) in [6.45, 7) is 5.91. The van der Waals surface area contributed by atoms with Crippen LogP contribution in [0.25, 0.3) is 0 Å². The van der Waals surface area contributed by atoms with Gasteiger partial charge in [0.25, 0.3) is 11.6 Å². The van der Waals surface area contributed by atoms with Crippen molar-refractivity contribution in [2.24, 2.45) is 5.41 Å². The lowest BCUT2D eigenvalue weighted by Crippen LogP contribution is -2.41. The van der Waals surface area contributed by atoms with Crippen molar-refractivity contribution < 1.29 is 19.6 Å². The normalized spacial score (nSPS) is 12.5. The molecule has 23 heavy (non-hydrogen) atoms. The Kier molecular flexibility index (Phi) is 5.67. The number of aliphatic carboxylic acids is 1. The molecular formula is C15H21N3O5. The summed E-state index contributed by atoms with van der Waals surface area (Å²) in [5.74, 6) is -1.83. The van der Waals surface area contributed by atoms with E-state index < -0.39 is 22.8 Å². The van der Waals surface area contributed by atoms with Crippen molar-refractivity contribution >= 4 is 23.3 Å². The summed E-state index contributed by atoms with van der Waals surface area (Å²) in [5, 5.41) is 22.4. The van der Waals surface area contributed by atoms with Gasteiger partial charge in [-0.1, -0.05) is 20.8 Å². The molecule has 0 radical (unpaired) electrons. The van der Waals surface area contributed by atoms with Crippen molar-refractivity contribution in [2.45, 2.75) is 39.7 Å². The van der Waals surface area contributed by atoms with Crippen LogP contribution >= 0.6 is 0 Å². The summed E-state index contributed by atoms with van der Waals surface area (Å²) >= 11 is 0. The highest BCUT2D eigenvalue weighted by Gasteiger charge is 2.24. The first-order valence-corrected chi connectivity index (χ1v) is 7.09. The minimum atomic E-state index is -1.15. The van der Waals surface area contributed by atoms with E-state index in [2.05, 4.69) is 5.32 Å². The number of carboxylic acids is 1. The minimum Gasteiger partial charge on any atom is -0.480 e. The van der Waals surface area contributed by atoms with E-state index in [1.54, 1.807) is 0 Å². The molecule has 1 unspecified atom stereocenters. The van der Waals surface area contributed by atoms with Crippen molar-refractivity contribution in [3.8, 4) is 0 Å². The molecular weight excluding hydrogens is 302 g/mol. The van der Waals surface area contributed by atoms with Gasteiger partial charge < -0.3 is 16.2 Å². The molecule has 8 nitrogen and oxygen atoms in total. The number of rotatable bonds is 6. The molecule has 0 spiro atoms. The van der Waals surface area contributed by atoms with E-state index in [0.29, 0.717) is 6.42 Å². The maximum atomic E-state index is 12.1. The number of benzene rings is 1. The van der Waals surface area contributed by atoms with Gasteiger partial charge >= 0.3 is 5.97 Å². The average molecular weight is 323 g/mol. The summed E-state index contributed by atoms with van der Waals surface area (Å²) < 4.78 is 0. The number of nitrogens with two attached hydrogens (primary N) is 1. The smallest absolute Gasteiger partial charge is 0.326 e. The molecule has 1 aromatic carbocycles. The predicted molar refractivity (Wildman–Crippen MR) is 85.1 cm³/mol. The van der Waals surface area contributed by atoms with Gasteiger partial charge in [0.15, 0.2) is 0 Å². The van der Waals surface area contributed by atoms with Crippen LogP contribution in [0.3, 0.4) is 0 Å². The number of amides is 1. The number of nitrogens with one attached hydrogen (secondary N) is 1. The quantitative estimate of drug-likeness (QED) is 0.417. The number of hydrogen-bond donors (Lipinski definition) is 3. The van der Waals surface area contributed by atoms with Crippen LogP contribution in [0.4, 0.5) is 11.4 Å². The van der Waals surface area contributed by atoms with Crippen LogP contribution in [0.1, 0.15) is 44.0 Å². The molecule has 0 saturated heterocycles. The first-order valence-electron chi connectivity index (χ1n) is 7.09. The SMILES string of the molecule is CC(C)(C)CCC(NC(=O)c1ccc(N)c([N+](=O)[O-])c1)C(=O)O. The topological polar surface area (TPSA) is 136 Å². The average Bonchev–Trinajstić information content (AvgIpc) is 2.41. The summed E-state index contributed by atoms with van der Waals surface area (Å²) in [6, 6.07) is 2.55. The lowest BCUT2D eigenvalue weighted by atomic mass is 9.88.